The van der Waals surface area contributed by atoms with E-state index in [0.717, 1.165) is 17.2 Å². The van der Waals surface area contributed by atoms with Gasteiger partial charge in [0.05, 0.1) is 23.4 Å². The molecule has 2 N–H and O–H groups in total. The van der Waals surface area contributed by atoms with Crippen molar-refractivity contribution in [3.63, 3.8) is 0 Å². The smallest absolute Gasteiger partial charge is 0.257 e. The van der Waals surface area contributed by atoms with Crippen molar-refractivity contribution in [1.29, 1.82) is 5.26 Å². The zero-order valence-corrected chi connectivity index (χ0v) is 17.2. The van der Waals surface area contributed by atoms with Crippen molar-refractivity contribution < 1.29 is 9.90 Å². The largest absolute Gasteiger partial charge is 0.507 e. The molecule has 0 radical (unpaired) electrons. The minimum Gasteiger partial charge on any atom is -0.507 e. The second kappa shape index (κ2) is 8.75. The highest BCUT2D eigenvalue weighted by Gasteiger charge is 2.24. The van der Waals surface area contributed by atoms with Gasteiger partial charge in [0.1, 0.15) is 17.6 Å². The molecular weight excluding hydrogens is 394 g/mol. The zero-order valence-electron chi connectivity index (χ0n) is 17.2. The maximum absolute atomic E-state index is 12.9. The number of carbonyl (C=O) groups is 1. The Morgan fingerprint density at radius 3 is 2.61 bits per heavy atom. The third-order valence-corrected chi connectivity index (χ3v) is 5.24. The van der Waals surface area contributed by atoms with Crippen molar-refractivity contribution in [3.8, 4) is 11.8 Å². The number of anilines is 2. The van der Waals surface area contributed by atoms with Gasteiger partial charge in [0.25, 0.3) is 5.91 Å². The molecule has 1 amide bonds. The molecule has 1 aliphatic rings. The first-order chi connectivity index (χ1) is 15.0. The number of amides is 1. The predicted molar refractivity (Wildman–Crippen MR) is 116 cm³/mol. The first-order valence-corrected chi connectivity index (χ1v) is 9.99. The van der Waals surface area contributed by atoms with Crippen LogP contribution in [0.4, 0.5) is 11.5 Å². The van der Waals surface area contributed by atoms with Gasteiger partial charge in [-0.3, -0.25) is 9.48 Å². The molecule has 0 unspecified atom stereocenters. The van der Waals surface area contributed by atoms with Crippen LogP contribution in [0.15, 0.2) is 48.8 Å². The van der Waals surface area contributed by atoms with Crippen molar-refractivity contribution in [3.05, 3.63) is 65.6 Å². The lowest BCUT2D eigenvalue weighted by molar-refractivity contribution is 0.0743. The summed E-state index contributed by atoms with van der Waals surface area (Å²) in [7, 11) is 1.86. The van der Waals surface area contributed by atoms with E-state index in [-0.39, 0.29) is 17.2 Å². The molecule has 0 atom stereocenters. The molecular formula is C22H23N7O2. The van der Waals surface area contributed by atoms with Gasteiger partial charge in [-0.2, -0.15) is 10.4 Å². The molecule has 1 aliphatic heterocycles. The summed E-state index contributed by atoms with van der Waals surface area (Å²) in [6, 6.07) is 12.5. The number of aromatic hydroxyl groups is 1. The lowest BCUT2D eigenvalue weighted by Crippen LogP contribution is -2.49. The molecule has 31 heavy (non-hydrogen) atoms. The van der Waals surface area contributed by atoms with Crippen LogP contribution in [0.1, 0.15) is 21.6 Å². The quantitative estimate of drug-likeness (QED) is 0.653. The molecule has 4 rings (SSSR count). The summed E-state index contributed by atoms with van der Waals surface area (Å²) in [5.41, 5.74) is 2.41. The number of nitrogens with zero attached hydrogens (tertiary/aromatic N) is 6. The van der Waals surface area contributed by atoms with Gasteiger partial charge in [-0.1, -0.05) is 0 Å². The molecule has 1 saturated heterocycles. The molecule has 0 aliphatic carbocycles. The van der Waals surface area contributed by atoms with Crippen LogP contribution in [0, 0.1) is 11.3 Å². The van der Waals surface area contributed by atoms with E-state index in [2.05, 4.69) is 26.4 Å². The summed E-state index contributed by atoms with van der Waals surface area (Å²) < 4.78 is 1.73. The molecule has 1 fully saturated rings. The third-order valence-electron chi connectivity index (χ3n) is 5.24. The van der Waals surface area contributed by atoms with Gasteiger partial charge < -0.3 is 20.2 Å². The monoisotopic (exact) mass is 417 g/mol. The number of aryl methyl sites for hydroxylation is 1. The van der Waals surface area contributed by atoms with E-state index in [1.165, 1.54) is 0 Å². The van der Waals surface area contributed by atoms with Crippen molar-refractivity contribution in [1.82, 2.24) is 19.7 Å². The summed E-state index contributed by atoms with van der Waals surface area (Å²) in [6.45, 7) is 2.85. The second-order valence-electron chi connectivity index (χ2n) is 7.36. The average Bonchev–Trinajstić information content (AvgIpc) is 3.22. The Morgan fingerprint density at radius 2 is 2.00 bits per heavy atom. The summed E-state index contributed by atoms with van der Waals surface area (Å²) in [6.07, 6.45) is 3.42. The molecule has 9 nitrogen and oxygen atoms in total. The van der Waals surface area contributed by atoms with E-state index in [9.17, 15) is 9.90 Å². The molecule has 2 aromatic heterocycles. The number of aromatic nitrogens is 3. The first kappa shape index (κ1) is 20.2. The maximum atomic E-state index is 12.9. The minimum atomic E-state index is -0.193. The van der Waals surface area contributed by atoms with Gasteiger partial charge >= 0.3 is 0 Å². The highest BCUT2D eigenvalue weighted by Crippen LogP contribution is 2.25. The van der Waals surface area contributed by atoms with Gasteiger partial charge in [0.2, 0.25) is 0 Å². The Morgan fingerprint density at radius 1 is 1.19 bits per heavy atom. The second-order valence-corrected chi connectivity index (χ2v) is 7.36. The average molecular weight is 417 g/mol. The number of benzene rings is 1. The normalized spacial score (nSPS) is 13.7. The van der Waals surface area contributed by atoms with E-state index in [0.29, 0.717) is 38.3 Å². The topological polar surface area (TPSA) is 110 Å². The van der Waals surface area contributed by atoms with Crippen LogP contribution in [0.2, 0.25) is 0 Å². The Bertz CT molecular complexity index is 1110. The van der Waals surface area contributed by atoms with Gasteiger partial charge in [-0.15, -0.1) is 0 Å². The molecule has 3 aromatic rings. The summed E-state index contributed by atoms with van der Waals surface area (Å²) in [4.78, 5) is 21.0. The Hall–Kier alpha value is -4.06. The fourth-order valence-corrected chi connectivity index (χ4v) is 3.52. The van der Waals surface area contributed by atoms with Gasteiger partial charge in [-0.05, 0) is 30.3 Å². The number of phenolic OH excluding ortho intramolecular Hbond substituents is 1. The number of phenols is 1. The number of hydrogen-bond donors (Lipinski definition) is 2. The van der Waals surface area contributed by atoms with Crippen molar-refractivity contribution in [2.45, 2.75) is 6.54 Å². The molecule has 0 spiro atoms. The summed E-state index contributed by atoms with van der Waals surface area (Å²) in [5.74, 6) is 0.547. The van der Waals surface area contributed by atoms with Crippen molar-refractivity contribution in [2.75, 3.05) is 36.4 Å². The molecule has 1 aromatic carbocycles. The Balaban J connectivity index is 1.35. The van der Waals surface area contributed by atoms with Gasteiger partial charge in [0, 0.05) is 57.4 Å². The number of nitriles is 1. The highest BCUT2D eigenvalue weighted by atomic mass is 16.3. The van der Waals surface area contributed by atoms with Crippen molar-refractivity contribution >= 4 is 17.4 Å². The van der Waals surface area contributed by atoms with E-state index >= 15 is 0 Å². The van der Waals surface area contributed by atoms with Gasteiger partial charge in [0.15, 0.2) is 0 Å². The van der Waals surface area contributed by atoms with E-state index in [4.69, 9.17) is 5.26 Å². The van der Waals surface area contributed by atoms with Crippen molar-refractivity contribution in [2.24, 2.45) is 7.05 Å². The molecule has 9 heteroatoms. The fourth-order valence-electron chi connectivity index (χ4n) is 3.52. The predicted octanol–water partition coefficient (Wildman–Crippen LogP) is 1.97. The SMILES string of the molecule is Cn1ccc(CNc2ccc(C(=O)N3CCN(c4ccc(C#N)cn4)CC3)c(O)c2)n1. The van der Waals surface area contributed by atoms with E-state index < -0.39 is 0 Å². The molecule has 0 saturated carbocycles. The fraction of sp³-hybridized carbons (Fsp3) is 0.273. The lowest BCUT2D eigenvalue weighted by Gasteiger charge is -2.35. The molecule has 3 heterocycles. The van der Waals surface area contributed by atoms with Crippen LogP contribution in [0.3, 0.4) is 0 Å². The van der Waals surface area contributed by atoms with Crippen LogP contribution in [-0.2, 0) is 13.6 Å². The van der Waals surface area contributed by atoms with Crippen LogP contribution in [-0.4, -0.2) is 56.9 Å². The standard InChI is InChI=1S/C22H23N7O2/c1-27-7-6-18(26-27)15-24-17-3-4-19(20(30)12-17)22(31)29-10-8-28(9-11-29)21-5-2-16(13-23)14-25-21/h2-7,12,14,24,30H,8-11,15H2,1H3. The Kier molecular flexibility index (Phi) is 5.71. The number of nitrogens with one attached hydrogen (secondary N) is 1. The van der Waals surface area contributed by atoms with Crippen LogP contribution < -0.4 is 10.2 Å². The maximum Gasteiger partial charge on any atom is 0.257 e. The lowest BCUT2D eigenvalue weighted by atomic mass is 10.1. The summed E-state index contributed by atoms with van der Waals surface area (Å²) >= 11 is 0. The number of hydrogen-bond acceptors (Lipinski definition) is 7. The Labute approximate surface area is 180 Å². The highest BCUT2D eigenvalue weighted by molar-refractivity contribution is 5.97. The molecule has 0 bridgehead atoms. The number of rotatable bonds is 5. The number of piperazine rings is 1. The third kappa shape index (κ3) is 4.59. The molecule has 158 valence electrons. The first-order valence-electron chi connectivity index (χ1n) is 9.99. The van der Waals surface area contributed by atoms with Crippen LogP contribution >= 0.6 is 0 Å². The number of carbonyl (C=O) groups excluding carboxylic acids is 1. The minimum absolute atomic E-state index is 0.0489. The summed E-state index contributed by atoms with van der Waals surface area (Å²) in [5, 5.41) is 26.8. The van der Waals surface area contributed by atoms with Crippen LogP contribution in [0.5, 0.6) is 5.75 Å². The van der Waals surface area contributed by atoms with E-state index in [1.54, 1.807) is 40.0 Å². The zero-order chi connectivity index (χ0) is 21.8. The van der Waals surface area contributed by atoms with Crippen LogP contribution in [0.25, 0.3) is 0 Å². The van der Waals surface area contributed by atoms with Gasteiger partial charge in [-0.25, -0.2) is 4.98 Å². The number of pyridine rings is 1. The van der Waals surface area contributed by atoms with E-state index in [1.807, 2.05) is 25.4 Å².